The summed E-state index contributed by atoms with van der Waals surface area (Å²) in [7, 11) is 1.87. The molecule has 0 aromatic heterocycles. The first kappa shape index (κ1) is 14.8. The molecule has 0 fully saturated rings. The first-order valence-corrected chi connectivity index (χ1v) is 7.84. The van der Waals surface area contributed by atoms with Crippen molar-refractivity contribution in [2.24, 2.45) is 0 Å². The molecule has 110 valence electrons. The van der Waals surface area contributed by atoms with Gasteiger partial charge in [-0.25, -0.2) is 4.39 Å². The van der Waals surface area contributed by atoms with Gasteiger partial charge in [-0.3, -0.25) is 0 Å². The van der Waals surface area contributed by atoms with E-state index < -0.39 is 0 Å². The van der Waals surface area contributed by atoms with Gasteiger partial charge >= 0.3 is 0 Å². The molecule has 1 aliphatic heterocycles. The highest BCUT2D eigenvalue weighted by molar-refractivity contribution is 9.10. The zero-order chi connectivity index (χ0) is 15.0. The molecule has 2 unspecified atom stereocenters. The number of hydrogen-bond donors (Lipinski definition) is 1. The van der Waals surface area contributed by atoms with Crippen LogP contribution in [0, 0.1) is 5.82 Å². The van der Waals surface area contributed by atoms with Crippen LogP contribution >= 0.6 is 27.5 Å². The minimum absolute atomic E-state index is 0.0528. The van der Waals surface area contributed by atoms with E-state index in [9.17, 15) is 4.39 Å². The van der Waals surface area contributed by atoms with Gasteiger partial charge in [-0.15, -0.1) is 0 Å². The highest BCUT2D eigenvalue weighted by Crippen LogP contribution is 2.42. The predicted molar refractivity (Wildman–Crippen MR) is 85.3 cm³/mol. The molecule has 1 aliphatic rings. The molecular weight excluding hydrogens is 357 g/mol. The summed E-state index contributed by atoms with van der Waals surface area (Å²) in [6.45, 7) is 0. The second-order valence-corrected chi connectivity index (χ2v) is 6.32. The first-order chi connectivity index (χ1) is 10.1. The Kier molecular flexibility index (Phi) is 4.20. The summed E-state index contributed by atoms with van der Waals surface area (Å²) in [5.41, 5.74) is 1.90. The van der Waals surface area contributed by atoms with Crippen molar-refractivity contribution in [3.05, 3.63) is 62.8 Å². The number of ether oxygens (including phenoxy) is 1. The Balaban J connectivity index is 1.98. The second-order valence-electron chi connectivity index (χ2n) is 5.03. The van der Waals surface area contributed by atoms with Crippen LogP contribution in [0.1, 0.15) is 29.7 Å². The standard InChI is InChI=1S/C16H14BrClFNO/c1-20-14-8-16(11-4-2-9(18)6-13(11)17)21-15-5-3-10(19)7-12(14)15/h2-7,14,16,20H,8H2,1H3. The maximum atomic E-state index is 13.4. The van der Waals surface area contributed by atoms with E-state index in [4.69, 9.17) is 16.3 Å². The fourth-order valence-electron chi connectivity index (χ4n) is 2.67. The zero-order valence-electron chi connectivity index (χ0n) is 11.4. The molecule has 0 saturated heterocycles. The average Bonchev–Trinajstić information content (AvgIpc) is 2.46. The monoisotopic (exact) mass is 369 g/mol. The highest BCUT2D eigenvalue weighted by Gasteiger charge is 2.29. The molecule has 0 bridgehead atoms. The van der Waals surface area contributed by atoms with Crippen LogP contribution in [0.25, 0.3) is 0 Å². The SMILES string of the molecule is CNC1CC(c2ccc(Cl)cc2Br)Oc2ccc(F)cc21. The lowest BCUT2D eigenvalue weighted by Gasteiger charge is -2.32. The molecule has 0 amide bonds. The van der Waals surface area contributed by atoms with Crippen LogP contribution < -0.4 is 10.1 Å². The van der Waals surface area contributed by atoms with Crippen LogP contribution in [0.2, 0.25) is 5.02 Å². The van der Waals surface area contributed by atoms with Crippen molar-refractivity contribution in [2.75, 3.05) is 7.05 Å². The van der Waals surface area contributed by atoms with Gasteiger partial charge in [0.05, 0.1) is 0 Å². The van der Waals surface area contributed by atoms with E-state index in [2.05, 4.69) is 21.2 Å². The number of nitrogens with one attached hydrogen (secondary N) is 1. The van der Waals surface area contributed by atoms with Gasteiger partial charge in [0, 0.05) is 33.1 Å². The molecule has 2 aromatic carbocycles. The van der Waals surface area contributed by atoms with Gasteiger partial charge in [0.1, 0.15) is 17.7 Å². The third-order valence-corrected chi connectivity index (χ3v) is 4.65. The van der Waals surface area contributed by atoms with E-state index in [1.54, 1.807) is 6.07 Å². The van der Waals surface area contributed by atoms with Crippen LogP contribution in [-0.2, 0) is 0 Å². The second kappa shape index (κ2) is 5.95. The fourth-order valence-corrected chi connectivity index (χ4v) is 3.61. The van der Waals surface area contributed by atoms with Gasteiger partial charge in [-0.2, -0.15) is 0 Å². The molecular formula is C16H14BrClFNO. The van der Waals surface area contributed by atoms with Gasteiger partial charge in [-0.1, -0.05) is 33.6 Å². The molecule has 1 N–H and O–H groups in total. The van der Waals surface area contributed by atoms with E-state index in [1.165, 1.54) is 12.1 Å². The van der Waals surface area contributed by atoms with Gasteiger partial charge in [0.25, 0.3) is 0 Å². The molecule has 1 heterocycles. The summed E-state index contributed by atoms with van der Waals surface area (Å²) < 4.78 is 20.4. The fraction of sp³-hybridized carbons (Fsp3) is 0.250. The molecule has 2 atom stereocenters. The summed E-state index contributed by atoms with van der Waals surface area (Å²) in [4.78, 5) is 0. The van der Waals surface area contributed by atoms with Crippen molar-refractivity contribution in [1.29, 1.82) is 0 Å². The molecule has 0 spiro atoms. The van der Waals surface area contributed by atoms with Gasteiger partial charge in [-0.05, 0) is 37.4 Å². The van der Waals surface area contributed by atoms with Crippen LogP contribution in [-0.4, -0.2) is 7.05 Å². The third kappa shape index (κ3) is 2.93. The number of fused-ring (bicyclic) bond motifs is 1. The average molecular weight is 371 g/mol. The van der Waals surface area contributed by atoms with Crippen molar-refractivity contribution in [3.8, 4) is 5.75 Å². The topological polar surface area (TPSA) is 21.3 Å². The Morgan fingerprint density at radius 1 is 1.24 bits per heavy atom. The Morgan fingerprint density at radius 3 is 2.76 bits per heavy atom. The van der Waals surface area contributed by atoms with Crippen LogP contribution in [0.5, 0.6) is 5.75 Å². The van der Waals surface area contributed by atoms with Gasteiger partial charge < -0.3 is 10.1 Å². The van der Waals surface area contributed by atoms with E-state index in [0.29, 0.717) is 10.8 Å². The summed E-state index contributed by atoms with van der Waals surface area (Å²) >= 11 is 9.52. The van der Waals surface area contributed by atoms with Crippen molar-refractivity contribution < 1.29 is 9.13 Å². The molecule has 2 nitrogen and oxygen atoms in total. The molecule has 21 heavy (non-hydrogen) atoms. The number of benzene rings is 2. The van der Waals surface area contributed by atoms with Crippen LogP contribution in [0.4, 0.5) is 4.39 Å². The molecule has 0 radical (unpaired) electrons. The number of rotatable bonds is 2. The lowest BCUT2D eigenvalue weighted by Crippen LogP contribution is -2.27. The molecule has 5 heteroatoms. The summed E-state index contributed by atoms with van der Waals surface area (Å²) in [6.07, 6.45) is 0.625. The third-order valence-electron chi connectivity index (χ3n) is 3.72. The predicted octanol–water partition coefficient (Wildman–Crippen LogP) is 5.03. The quantitative estimate of drug-likeness (QED) is 0.801. The van der Waals surface area contributed by atoms with Gasteiger partial charge in [0.2, 0.25) is 0 Å². The van der Waals surface area contributed by atoms with E-state index >= 15 is 0 Å². The number of halogens is 3. The van der Waals surface area contributed by atoms with E-state index in [-0.39, 0.29) is 18.0 Å². The Labute approximate surface area is 136 Å². The zero-order valence-corrected chi connectivity index (χ0v) is 13.7. The van der Waals surface area contributed by atoms with Crippen molar-refractivity contribution >= 4 is 27.5 Å². The largest absolute Gasteiger partial charge is 0.485 e. The number of hydrogen-bond acceptors (Lipinski definition) is 2. The summed E-state index contributed by atoms with van der Waals surface area (Å²) in [6, 6.07) is 10.4. The van der Waals surface area contributed by atoms with E-state index in [0.717, 1.165) is 22.0 Å². The molecule has 0 aliphatic carbocycles. The Morgan fingerprint density at radius 2 is 2.05 bits per heavy atom. The van der Waals surface area contributed by atoms with Crippen LogP contribution in [0.3, 0.4) is 0 Å². The molecule has 3 rings (SSSR count). The maximum absolute atomic E-state index is 13.4. The summed E-state index contributed by atoms with van der Waals surface area (Å²) in [5.74, 6) is 0.470. The molecule has 0 saturated carbocycles. The van der Waals surface area contributed by atoms with Crippen molar-refractivity contribution in [3.63, 3.8) is 0 Å². The highest BCUT2D eigenvalue weighted by atomic mass is 79.9. The lowest BCUT2D eigenvalue weighted by atomic mass is 9.93. The minimum atomic E-state index is -0.247. The van der Waals surface area contributed by atoms with Gasteiger partial charge in [0.15, 0.2) is 0 Å². The Hall–Kier alpha value is -1.10. The smallest absolute Gasteiger partial charge is 0.127 e. The normalized spacial score (nSPS) is 20.8. The molecule has 2 aromatic rings. The van der Waals surface area contributed by atoms with Crippen molar-refractivity contribution in [2.45, 2.75) is 18.6 Å². The minimum Gasteiger partial charge on any atom is -0.485 e. The van der Waals surface area contributed by atoms with Crippen LogP contribution in [0.15, 0.2) is 40.9 Å². The van der Waals surface area contributed by atoms with Crippen molar-refractivity contribution in [1.82, 2.24) is 5.32 Å². The lowest BCUT2D eigenvalue weighted by molar-refractivity contribution is 0.153. The Bertz CT molecular complexity index is 679. The van der Waals surface area contributed by atoms with E-state index in [1.807, 2.05) is 25.2 Å². The summed E-state index contributed by atoms with van der Waals surface area (Å²) in [5, 5.41) is 3.90. The maximum Gasteiger partial charge on any atom is 0.127 e. The first-order valence-electron chi connectivity index (χ1n) is 6.67.